The van der Waals surface area contributed by atoms with Gasteiger partial charge in [-0.25, -0.2) is 9.18 Å². The Morgan fingerprint density at radius 3 is 2.68 bits per heavy atom. The first-order valence-corrected chi connectivity index (χ1v) is 5.59. The fourth-order valence-corrected chi connectivity index (χ4v) is 1.55. The number of nitrogens with zero attached hydrogens (tertiary/aromatic N) is 1. The van der Waals surface area contributed by atoms with E-state index in [0.29, 0.717) is 22.6 Å². The Labute approximate surface area is 109 Å². The van der Waals surface area contributed by atoms with Crippen LogP contribution >= 0.6 is 0 Å². The molecule has 0 saturated heterocycles. The number of aromatic nitrogens is 1. The average molecular weight is 261 g/mol. The van der Waals surface area contributed by atoms with Gasteiger partial charge in [0.15, 0.2) is 5.76 Å². The van der Waals surface area contributed by atoms with Gasteiger partial charge in [0.25, 0.3) is 0 Å². The highest BCUT2D eigenvalue weighted by atomic mass is 19.1. The van der Waals surface area contributed by atoms with E-state index in [4.69, 9.17) is 4.52 Å². The Morgan fingerprint density at radius 2 is 2.05 bits per heavy atom. The summed E-state index contributed by atoms with van der Waals surface area (Å²) in [6.45, 7) is 1.62. The minimum absolute atomic E-state index is 0.315. The zero-order valence-electron chi connectivity index (χ0n) is 10.5. The van der Waals surface area contributed by atoms with Crippen LogP contribution in [0.4, 0.5) is 4.39 Å². The normalized spacial score (nSPS) is 11.4. The first-order valence-electron chi connectivity index (χ1n) is 5.59. The van der Waals surface area contributed by atoms with Crippen LogP contribution in [0.2, 0.25) is 0 Å². The molecule has 1 aromatic heterocycles. The molecular formula is C14H12FNO3. The van der Waals surface area contributed by atoms with Crippen LogP contribution < -0.4 is 0 Å². The summed E-state index contributed by atoms with van der Waals surface area (Å²) in [4.78, 5) is 11.2. The van der Waals surface area contributed by atoms with E-state index in [1.54, 1.807) is 31.2 Å². The lowest BCUT2D eigenvalue weighted by atomic mass is 10.1. The highest BCUT2D eigenvalue weighted by Crippen LogP contribution is 2.21. The third kappa shape index (κ3) is 3.07. The van der Waals surface area contributed by atoms with Gasteiger partial charge in [0.2, 0.25) is 0 Å². The Hall–Kier alpha value is -2.43. The average Bonchev–Trinajstić information content (AvgIpc) is 2.87. The summed E-state index contributed by atoms with van der Waals surface area (Å²) in [5, 5.41) is 3.82. The molecule has 0 aliphatic carbocycles. The summed E-state index contributed by atoms with van der Waals surface area (Å²) in [5.41, 5.74) is 1.63. The van der Waals surface area contributed by atoms with Crippen LogP contribution in [-0.4, -0.2) is 18.2 Å². The van der Waals surface area contributed by atoms with E-state index in [-0.39, 0.29) is 5.82 Å². The zero-order valence-corrected chi connectivity index (χ0v) is 10.5. The van der Waals surface area contributed by atoms with E-state index in [1.165, 1.54) is 19.2 Å². The van der Waals surface area contributed by atoms with Gasteiger partial charge < -0.3 is 9.26 Å². The molecule has 5 heteroatoms. The summed E-state index contributed by atoms with van der Waals surface area (Å²) in [6, 6.07) is 7.53. The molecule has 19 heavy (non-hydrogen) atoms. The zero-order chi connectivity index (χ0) is 13.8. The van der Waals surface area contributed by atoms with E-state index in [2.05, 4.69) is 9.89 Å². The molecule has 98 valence electrons. The minimum atomic E-state index is -0.425. The van der Waals surface area contributed by atoms with E-state index in [0.717, 1.165) is 0 Å². The fourth-order valence-electron chi connectivity index (χ4n) is 1.55. The summed E-state index contributed by atoms with van der Waals surface area (Å²) < 4.78 is 22.5. The molecule has 4 nitrogen and oxygen atoms in total. The Morgan fingerprint density at radius 1 is 1.37 bits per heavy atom. The van der Waals surface area contributed by atoms with Gasteiger partial charge in [-0.2, -0.15) is 0 Å². The second-order valence-electron chi connectivity index (χ2n) is 3.94. The molecular weight excluding hydrogens is 249 g/mol. The van der Waals surface area contributed by atoms with Gasteiger partial charge in [-0.3, -0.25) is 0 Å². The maximum absolute atomic E-state index is 12.8. The number of esters is 1. The van der Waals surface area contributed by atoms with E-state index in [9.17, 15) is 9.18 Å². The predicted molar refractivity (Wildman–Crippen MR) is 67.6 cm³/mol. The van der Waals surface area contributed by atoms with E-state index >= 15 is 0 Å². The van der Waals surface area contributed by atoms with Crippen LogP contribution in [0.5, 0.6) is 0 Å². The van der Waals surface area contributed by atoms with Crippen molar-refractivity contribution in [1.29, 1.82) is 0 Å². The lowest BCUT2D eigenvalue weighted by Crippen LogP contribution is -2.00. The van der Waals surface area contributed by atoms with Gasteiger partial charge in [-0.15, -0.1) is 0 Å². The Balaban J connectivity index is 2.24. The van der Waals surface area contributed by atoms with Crippen LogP contribution in [-0.2, 0) is 9.53 Å². The molecule has 0 aliphatic heterocycles. The highest BCUT2D eigenvalue weighted by Gasteiger charge is 2.08. The molecule has 0 N–H and O–H groups in total. The second kappa shape index (κ2) is 5.48. The van der Waals surface area contributed by atoms with Crippen molar-refractivity contribution in [3.8, 4) is 11.3 Å². The maximum atomic E-state index is 12.8. The maximum Gasteiger partial charge on any atom is 0.333 e. The number of hydrogen-bond donors (Lipinski definition) is 0. The van der Waals surface area contributed by atoms with Crippen molar-refractivity contribution >= 4 is 12.0 Å². The van der Waals surface area contributed by atoms with Gasteiger partial charge >= 0.3 is 5.97 Å². The number of benzene rings is 1. The standard InChI is InChI=1S/C14H12FNO3/c1-9(14(17)18-2)7-12-8-13(19-16-12)10-3-5-11(15)6-4-10/h3-8H,1-2H3/b9-7+. The largest absolute Gasteiger partial charge is 0.466 e. The van der Waals surface area contributed by atoms with Gasteiger partial charge in [-0.05, 0) is 37.3 Å². The molecule has 2 aromatic rings. The van der Waals surface area contributed by atoms with Crippen LogP contribution in [0.15, 0.2) is 40.4 Å². The molecule has 0 atom stereocenters. The first kappa shape index (κ1) is 13.0. The third-order valence-corrected chi connectivity index (χ3v) is 2.53. The first-order chi connectivity index (χ1) is 9.10. The van der Waals surface area contributed by atoms with Crippen molar-refractivity contribution < 1.29 is 18.4 Å². The van der Waals surface area contributed by atoms with Crippen molar-refractivity contribution in [2.24, 2.45) is 0 Å². The molecule has 1 heterocycles. The summed E-state index contributed by atoms with van der Waals surface area (Å²) >= 11 is 0. The fraction of sp³-hybridized carbons (Fsp3) is 0.143. The van der Waals surface area contributed by atoms with Crippen molar-refractivity contribution in [2.45, 2.75) is 6.92 Å². The van der Waals surface area contributed by atoms with Crippen molar-refractivity contribution in [1.82, 2.24) is 5.16 Å². The number of halogens is 1. The van der Waals surface area contributed by atoms with Crippen LogP contribution in [0.1, 0.15) is 12.6 Å². The molecule has 2 rings (SSSR count). The SMILES string of the molecule is COC(=O)/C(C)=C/c1cc(-c2ccc(F)cc2)on1. The van der Waals surface area contributed by atoms with E-state index in [1.807, 2.05) is 0 Å². The molecule has 0 saturated carbocycles. The lowest BCUT2D eigenvalue weighted by molar-refractivity contribution is -0.135. The smallest absolute Gasteiger partial charge is 0.333 e. The number of methoxy groups -OCH3 is 1. The minimum Gasteiger partial charge on any atom is -0.466 e. The number of carbonyl (C=O) groups is 1. The molecule has 0 bridgehead atoms. The molecule has 0 spiro atoms. The van der Waals surface area contributed by atoms with Gasteiger partial charge in [0.1, 0.15) is 11.5 Å². The molecule has 0 radical (unpaired) electrons. The Kier molecular flexibility index (Phi) is 3.75. The van der Waals surface area contributed by atoms with Gasteiger partial charge in [-0.1, -0.05) is 5.16 Å². The molecule has 0 fully saturated rings. The number of ether oxygens (including phenoxy) is 1. The number of carbonyl (C=O) groups excluding carboxylic acids is 1. The Bertz CT molecular complexity index is 614. The van der Waals surface area contributed by atoms with Crippen molar-refractivity contribution in [2.75, 3.05) is 7.11 Å². The molecule has 0 amide bonds. The number of rotatable bonds is 3. The van der Waals surface area contributed by atoms with Crippen LogP contribution in [0.25, 0.3) is 17.4 Å². The van der Waals surface area contributed by atoms with Gasteiger partial charge in [0.05, 0.1) is 7.11 Å². The highest BCUT2D eigenvalue weighted by molar-refractivity contribution is 5.92. The lowest BCUT2D eigenvalue weighted by Gasteiger charge is -1.95. The summed E-state index contributed by atoms with van der Waals surface area (Å²) in [7, 11) is 1.31. The monoisotopic (exact) mass is 261 g/mol. The quantitative estimate of drug-likeness (QED) is 0.629. The van der Waals surface area contributed by atoms with E-state index < -0.39 is 5.97 Å². The van der Waals surface area contributed by atoms with Crippen LogP contribution in [0.3, 0.4) is 0 Å². The van der Waals surface area contributed by atoms with Crippen LogP contribution in [0, 0.1) is 5.82 Å². The molecule has 0 unspecified atom stereocenters. The third-order valence-electron chi connectivity index (χ3n) is 2.53. The molecule has 1 aromatic carbocycles. The van der Waals surface area contributed by atoms with Crippen molar-refractivity contribution in [3.63, 3.8) is 0 Å². The molecule has 0 aliphatic rings. The van der Waals surface area contributed by atoms with Crippen molar-refractivity contribution in [3.05, 3.63) is 47.4 Å². The predicted octanol–water partition coefficient (Wildman–Crippen LogP) is 3.06. The summed E-state index contributed by atoms with van der Waals surface area (Å²) in [6.07, 6.45) is 1.56. The topological polar surface area (TPSA) is 52.3 Å². The number of hydrogen-bond acceptors (Lipinski definition) is 4. The second-order valence-corrected chi connectivity index (χ2v) is 3.94. The van der Waals surface area contributed by atoms with Gasteiger partial charge in [0, 0.05) is 17.2 Å². The summed E-state index contributed by atoms with van der Waals surface area (Å²) in [5.74, 6) is -0.236.